The lowest BCUT2D eigenvalue weighted by molar-refractivity contribution is -0.292. The van der Waals surface area contributed by atoms with Gasteiger partial charge in [0.25, 0.3) is 11.8 Å². The highest BCUT2D eigenvalue weighted by molar-refractivity contribution is 6.34. The number of halogens is 9. The maximum absolute atomic E-state index is 13.7. The second-order valence-electron chi connectivity index (χ2n) is 6.30. The molecule has 1 heterocycles. The van der Waals surface area contributed by atoms with Gasteiger partial charge in [-0.15, -0.1) is 6.42 Å². The summed E-state index contributed by atoms with van der Waals surface area (Å²) in [6.07, 6.45) is -7.21. The van der Waals surface area contributed by atoms with E-state index in [1.165, 1.54) is 0 Å². The number of aryl methyl sites for hydroxylation is 1. The van der Waals surface area contributed by atoms with E-state index in [0.29, 0.717) is 7.05 Å². The third kappa shape index (κ3) is 5.19. The molecule has 1 aromatic heterocycles. The van der Waals surface area contributed by atoms with Crippen molar-refractivity contribution in [2.45, 2.75) is 18.3 Å². The summed E-state index contributed by atoms with van der Waals surface area (Å²) in [6, 6.07) is 3.06. The standard InChI is InChI=1S/C18H11ClF8N4O2/c1-3-6-28-14(32)9-7-8(4-5-10(9)19)29-15(33)12-11(17(22,23)24)13(30-31(12)2)16(20,21)18(25,26)27/h1,4-5,7H,6H2,2H3,(H,28,32)(H,29,33). The Kier molecular flexibility index (Phi) is 6.98. The molecule has 0 fully saturated rings. The Labute approximate surface area is 184 Å². The van der Waals surface area contributed by atoms with E-state index in [4.69, 9.17) is 18.0 Å². The second-order valence-corrected chi connectivity index (χ2v) is 6.71. The zero-order chi connectivity index (χ0) is 25.4. The fraction of sp³-hybridized carbons (Fsp3) is 0.278. The summed E-state index contributed by atoms with van der Waals surface area (Å²) in [5, 5.41) is 6.64. The molecule has 0 aliphatic carbocycles. The van der Waals surface area contributed by atoms with Gasteiger partial charge in [-0.05, 0) is 18.2 Å². The van der Waals surface area contributed by atoms with Crippen molar-refractivity contribution in [3.8, 4) is 12.3 Å². The Morgan fingerprint density at radius 1 is 1.12 bits per heavy atom. The monoisotopic (exact) mass is 502 g/mol. The number of hydrogen-bond donors (Lipinski definition) is 2. The number of carbonyl (C=O) groups is 2. The van der Waals surface area contributed by atoms with Crippen molar-refractivity contribution in [1.82, 2.24) is 15.1 Å². The highest BCUT2D eigenvalue weighted by Gasteiger charge is 2.64. The summed E-state index contributed by atoms with van der Waals surface area (Å²) in [5.41, 5.74) is -7.44. The topological polar surface area (TPSA) is 76.0 Å². The van der Waals surface area contributed by atoms with Crippen molar-refractivity contribution >= 4 is 29.1 Å². The Morgan fingerprint density at radius 3 is 2.24 bits per heavy atom. The largest absolute Gasteiger partial charge is 0.459 e. The summed E-state index contributed by atoms with van der Waals surface area (Å²) in [7, 11) is 0.584. The smallest absolute Gasteiger partial charge is 0.341 e. The fourth-order valence-corrected chi connectivity index (χ4v) is 2.80. The fourth-order valence-electron chi connectivity index (χ4n) is 2.60. The molecule has 6 nitrogen and oxygen atoms in total. The molecule has 2 amide bonds. The molecule has 0 spiro atoms. The third-order valence-corrected chi connectivity index (χ3v) is 4.35. The van der Waals surface area contributed by atoms with Gasteiger partial charge in [0, 0.05) is 12.7 Å². The molecule has 0 saturated carbocycles. The molecule has 33 heavy (non-hydrogen) atoms. The summed E-state index contributed by atoms with van der Waals surface area (Å²) < 4.78 is 106. The molecule has 178 valence electrons. The van der Waals surface area contributed by atoms with Crippen LogP contribution in [-0.4, -0.2) is 34.3 Å². The molecule has 0 aliphatic heterocycles. The molecule has 0 radical (unpaired) electrons. The van der Waals surface area contributed by atoms with E-state index in [1.54, 1.807) is 0 Å². The number of nitrogens with one attached hydrogen (secondary N) is 2. The van der Waals surface area contributed by atoms with Crippen molar-refractivity contribution in [2.24, 2.45) is 7.05 Å². The molecule has 0 saturated heterocycles. The normalized spacial score (nSPS) is 12.3. The minimum atomic E-state index is -6.41. The molecule has 0 atom stereocenters. The van der Waals surface area contributed by atoms with Crippen LogP contribution in [0, 0.1) is 12.3 Å². The average Bonchev–Trinajstić information content (AvgIpc) is 3.05. The van der Waals surface area contributed by atoms with Crippen LogP contribution in [0.2, 0.25) is 5.02 Å². The van der Waals surface area contributed by atoms with Gasteiger partial charge in [-0.3, -0.25) is 14.3 Å². The summed E-state index contributed by atoms with van der Waals surface area (Å²) in [6.45, 7) is -0.202. The molecule has 2 aromatic rings. The van der Waals surface area contributed by atoms with Gasteiger partial charge in [-0.25, -0.2) is 0 Å². The van der Waals surface area contributed by atoms with E-state index in [9.17, 15) is 44.7 Å². The number of carbonyl (C=O) groups excluding carboxylic acids is 2. The van der Waals surface area contributed by atoms with Crippen molar-refractivity contribution in [3.63, 3.8) is 0 Å². The molecule has 0 bridgehead atoms. The highest BCUT2D eigenvalue weighted by Crippen LogP contribution is 2.48. The molecule has 15 heteroatoms. The molecule has 2 N–H and O–H groups in total. The number of anilines is 1. The lowest BCUT2D eigenvalue weighted by Gasteiger charge is -2.19. The molecule has 0 unspecified atom stereocenters. The zero-order valence-corrected chi connectivity index (χ0v) is 16.9. The minimum absolute atomic E-state index is 0.0520. The lowest BCUT2D eigenvalue weighted by atomic mass is 10.1. The summed E-state index contributed by atoms with van der Waals surface area (Å²) >= 11 is 5.85. The van der Waals surface area contributed by atoms with Crippen LogP contribution in [0.1, 0.15) is 32.1 Å². The van der Waals surface area contributed by atoms with Gasteiger partial charge in [0.1, 0.15) is 11.3 Å². The van der Waals surface area contributed by atoms with E-state index in [-0.39, 0.29) is 27.5 Å². The van der Waals surface area contributed by atoms with Crippen LogP contribution in [-0.2, 0) is 19.1 Å². The maximum atomic E-state index is 13.7. The van der Waals surface area contributed by atoms with Gasteiger partial charge in [0.15, 0.2) is 5.69 Å². The van der Waals surface area contributed by atoms with Crippen LogP contribution in [0.5, 0.6) is 0 Å². The van der Waals surface area contributed by atoms with E-state index in [0.717, 1.165) is 18.2 Å². The summed E-state index contributed by atoms with van der Waals surface area (Å²) in [5.74, 6) is -6.43. The Morgan fingerprint density at radius 2 is 1.73 bits per heavy atom. The Hall–Kier alpha value is -3.34. The van der Waals surface area contributed by atoms with Gasteiger partial charge in [0.05, 0.1) is 17.1 Å². The van der Waals surface area contributed by atoms with E-state index in [2.05, 4.69) is 16.3 Å². The first-order valence-corrected chi connectivity index (χ1v) is 8.82. The van der Waals surface area contributed by atoms with E-state index < -0.39 is 47.0 Å². The highest BCUT2D eigenvalue weighted by atomic mass is 35.5. The van der Waals surface area contributed by atoms with Gasteiger partial charge >= 0.3 is 18.3 Å². The molecule has 1 aromatic carbocycles. The van der Waals surface area contributed by atoms with Gasteiger partial charge < -0.3 is 10.6 Å². The Balaban J connectivity index is 2.54. The number of rotatable bonds is 5. The molecular formula is C18H11ClF8N4O2. The number of alkyl halides is 8. The zero-order valence-electron chi connectivity index (χ0n) is 16.1. The average molecular weight is 503 g/mol. The molecule has 2 rings (SSSR count). The van der Waals surface area contributed by atoms with Crippen molar-refractivity contribution in [1.29, 1.82) is 0 Å². The van der Waals surface area contributed by atoms with E-state index in [1.807, 2.05) is 5.32 Å². The Bertz CT molecular complexity index is 1130. The quantitative estimate of drug-likeness (QED) is 0.471. The SMILES string of the molecule is C#CCNC(=O)c1cc(NC(=O)c2c(C(F)(F)F)c(C(F)(F)C(F)(F)F)nn2C)ccc1Cl. The van der Waals surface area contributed by atoms with Crippen molar-refractivity contribution in [2.75, 3.05) is 11.9 Å². The predicted octanol–water partition coefficient (Wildman–Crippen LogP) is 4.36. The molecular weight excluding hydrogens is 492 g/mol. The first kappa shape index (κ1) is 25.9. The third-order valence-electron chi connectivity index (χ3n) is 4.02. The van der Waals surface area contributed by atoms with Gasteiger partial charge in [-0.1, -0.05) is 17.5 Å². The first-order chi connectivity index (χ1) is 15.0. The van der Waals surface area contributed by atoms with Crippen LogP contribution in [0.25, 0.3) is 0 Å². The number of aromatic nitrogens is 2. The number of benzene rings is 1. The second kappa shape index (κ2) is 8.89. The van der Waals surface area contributed by atoms with Crippen LogP contribution in [0.15, 0.2) is 18.2 Å². The van der Waals surface area contributed by atoms with Crippen LogP contribution in [0.3, 0.4) is 0 Å². The lowest BCUT2D eigenvalue weighted by Crippen LogP contribution is -2.36. The number of terminal acetylenes is 1. The van der Waals surface area contributed by atoms with Crippen molar-refractivity contribution < 1.29 is 44.7 Å². The first-order valence-electron chi connectivity index (χ1n) is 8.44. The van der Waals surface area contributed by atoms with E-state index >= 15 is 0 Å². The van der Waals surface area contributed by atoms with Crippen LogP contribution < -0.4 is 10.6 Å². The predicted molar refractivity (Wildman–Crippen MR) is 98.7 cm³/mol. The summed E-state index contributed by atoms with van der Waals surface area (Å²) in [4.78, 5) is 24.5. The number of nitrogens with zero attached hydrogens (tertiary/aromatic N) is 2. The minimum Gasteiger partial charge on any atom is -0.341 e. The number of amides is 2. The van der Waals surface area contributed by atoms with Crippen LogP contribution in [0.4, 0.5) is 40.8 Å². The van der Waals surface area contributed by atoms with Gasteiger partial charge in [-0.2, -0.15) is 40.2 Å². The maximum Gasteiger partial charge on any atom is 0.459 e. The van der Waals surface area contributed by atoms with Crippen molar-refractivity contribution in [3.05, 3.63) is 45.7 Å². The number of hydrogen-bond acceptors (Lipinski definition) is 3. The van der Waals surface area contributed by atoms with Gasteiger partial charge in [0.2, 0.25) is 0 Å². The van der Waals surface area contributed by atoms with Crippen LogP contribution >= 0.6 is 11.6 Å². The molecule has 0 aliphatic rings.